The number of hydrogen-bond donors (Lipinski definition) is 1. The zero-order chi connectivity index (χ0) is 15.8. The Morgan fingerprint density at radius 3 is 2.83 bits per heavy atom. The van der Waals surface area contributed by atoms with Crippen molar-refractivity contribution in [1.29, 1.82) is 5.41 Å². The lowest BCUT2D eigenvalue weighted by molar-refractivity contribution is -0.114. The number of hydrazone groups is 1. The molecule has 8 heteroatoms. The first-order valence-electron chi connectivity index (χ1n) is 7.51. The molecular weight excluding hydrogens is 314 g/mol. The molecule has 0 aliphatic carbocycles. The van der Waals surface area contributed by atoms with Crippen LogP contribution >= 0.6 is 11.8 Å². The summed E-state index contributed by atoms with van der Waals surface area (Å²) >= 11 is 1.36. The average Bonchev–Trinajstić information content (AvgIpc) is 3.22. The molecule has 3 aliphatic heterocycles. The first kappa shape index (κ1) is 14.3. The zero-order valence-electron chi connectivity index (χ0n) is 12.4. The molecule has 0 saturated carbocycles. The molecule has 1 aromatic heterocycles. The van der Waals surface area contributed by atoms with Gasteiger partial charge in [-0.1, -0.05) is 0 Å². The summed E-state index contributed by atoms with van der Waals surface area (Å²) in [5.74, 6) is 0.125. The minimum atomic E-state index is -0.430. The van der Waals surface area contributed by atoms with E-state index >= 15 is 0 Å². The van der Waals surface area contributed by atoms with Crippen LogP contribution in [0.4, 0.5) is 0 Å². The summed E-state index contributed by atoms with van der Waals surface area (Å²) in [4.78, 5) is 18.5. The standard InChI is InChI=1S/C15H15N5O2S/c16-12-11(9-10-5-4-8-22-10)13(21)17-14-20(12)18-15(23-14)19-6-2-1-3-7-19/h4-5,8-9,16H,1-3,6-7H2/b11-9+,16-12?. The lowest BCUT2D eigenvalue weighted by Gasteiger charge is -2.26. The minimum Gasteiger partial charge on any atom is -0.465 e. The minimum absolute atomic E-state index is 0.0379. The SMILES string of the molecule is N=C1/C(=C\c2ccco2)C(=O)N=C2SC(N3CCCCC3)=NN12. The van der Waals surface area contributed by atoms with Crippen LogP contribution in [0.15, 0.2) is 38.5 Å². The Kier molecular flexibility index (Phi) is 3.53. The van der Waals surface area contributed by atoms with Crippen LogP contribution in [0.3, 0.4) is 0 Å². The van der Waals surface area contributed by atoms with Gasteiger partial charge in [0.05, 0.1) is 11.8 Å². The second-order valence-electron chi connectivity index (χ2n) is 5.47. The normalized spacial score (nSPS) is 23.2. The van der Waals surface area contributed by atoms with Crippen molar-refractivity contribution in [3.05, 3.63) is 29.7 Å². The molecule has 4 heterocycles. The van der Waals surface area contributed by atoms with Crippen molar-refractivity contribution in [1.82, 2.24) is 9.91 Å². The fourth-order valence-electron chi connectivity index (χ4n) is 2.71. The van der Waals surface area contributed by atoms with Crippen molar-refractivity contribution >= 4 is 39.9 Å². The molecule has 1 saturated heterocycles. The number of piperidine rings is 1. The fourth-order valence-corrected chi connectivity index (χ4v) is 3.66. The van der Waals surface area contributed by atoms with Crippen molar-refractivity contribution in [3.8, 4) is 0 Å². The van der Waals surface area contributed by atoms with E-state index in [-0.39, 0.29) is 11.4 Å². The Bertz CT molecular complexity index is 744. The van der Waals surface area contributed by atoms with Gasteiger partial charge in [-0.25, -0.2) is 0 Å². The highest BCUT2D eigenvalue weighted by Crippen LogP contribution is 2.30. The van der Waals surface area contributed by atoms with Gasteiger partial charge in [-0.05, 0) is 49.2 Å². The number of carbonyl (C=O) groups excluding carboxylic acids is 1. The predicted octanol–water partition coefficient (Wildman–Crippen LogP) is 2.34. The molecular formula is C15H15N5O2S. The number of nitrogens with one attached hydrogen (secondary N) is 1. The van der Waals surface area contributed by atoms with Gasteiger partial charge in [0.25, 0.3) is 5.91 Å². The van der Waals surface area contributed by atoms with Crippen molar-refractivity contribution in [2.75, 3.05) is 13.1 Å². The van der Waals surface area contributed by atoms with Gasteiger partial charge in [0.1, 0.15) is 5.76 Å². The maximum Gasteiger partial charge on any atom is 0.283 e. The largest absolute Gasteiger partial charge is 0.465 e. The summed E-state index contributed by atoms with van der Waals surface area (Å²) in [6.45, 7) is 1.92. The Labute approximate surface area is 137 Å². The molecule has 23 heavy (non-hydrogen) atoms. The third kappa shape index (κ3) is 2.59. The van der Waals surface area contributed by atoms with E-state index in [1.165, 1.54) is 35.5 Å². The third-order valence-electron chi connectivity index (χ3n) is 3.90. The van der Waals surface area contributed by atoms with Gasteiger partial charge in [-0.3, -0.25) is 10.2 Å². The summed E-state index contributed by atoms with van der Waals surface area (Å²) in [6, 6.07) is 3.46. The molecule has 0 unspecified atom stereocenters. The summed E-state index contributed by atoms with van der Waals surface area (Å²) in [6.07, 6.45) is 6.59. The number of rotatable bonds is 1. The molecule has 3 aliphatic rings. The molecule has 1 fully saturated rings. The van der Waals surface area contributed by atoms with Crippen molar-refractivity contribution in [3.63, 3.8) is 0 Å². The number of amides is 1. The van der Waals surface area contributed by atoms with Crippen LogP contribution < -0.4 is 0 Å². The number of likely N-dealkylation sites (tertiary alicyclic amines) is 1. The molecule has 7 nitrogen and oxygen atoms in total. The molecule has 0 spiro atoms. The van der Waals surface area contributed by atoms with E-state index in [0.717, 1.165) is 31.1 Å². The van der Waals surface area contributed by atoms with E-state index in [9.17, 15) is 4.79 Å². The lowest BCUT2D eigenvalue weighted by atomic mass is 10.1. The number of nitrogens with zero attached hydrogens (tertiary/aromatic N) is 4. The van der Waals surface area contributed by atoms with Crippen molar-refractivity contribution < 1.29 is 9.21 Å². The first-order chi connectivity index (χ1) is 11.2. The molecule has 118 valence electrons. The number of hydrogen-bond acceptors (Lipinski definition) is 6. The molecule has 0 aromatic carbocycles. The van der Waals surface area contributed by atoms with Crippen LogP contribution in [-0.2, 0) is 4.79 Å². The summed E-state index contributed by atoms with van der Waals surface area (Å²) in [7, 11) is 0. The van der Waals surface area contributed by atoms with Crippen LogP contribution in [0, 0.1) is 5.41 Å². The molecule has 0 radical (unpaired) electrons. The van der Waals surface area contributed by atoms with E-state index in [4.69, 9.17) is 9.83 Å². The van der Waals surface area contributed by atoms with Crippen LogP contribution in [0.5, 0.6) is 0 Å². The van der Waals surface area contributed by atoms with Gasteiger partial charge >= 0.3 is 0 Å². The third-order valence-corrected chi connectivity index (χ3v) is 4.87. The van der Waals surface area contributed by atoms with Crippen molar-refractivity contribution in [2.45, 2.75) is 19.3 Å². The Hall–Kier alpha value is -2.35. The van der Waals surface area contributed by atoms with E-state index < -0.39 is 5.91 Å². The molecule has 1 aromatic rings. The van der Waals surface area contributed by atoms with Gasteiger partial charge in [0.15, 0.2) is 11.0 Å². The number of thioether (sulfide) groups is 1. The second kappa shape index (κ2) is 5.69. The Morgan fingerprint density at radius 1 is 1.26 bits per heavy atom. The van der Waals surface area contributed by atoms with Gasteiger partial charge < -0.3 is 9.32 Å². The highest BCUT2D eigenvalue weighted by atomic mass is 32.2. The molecule has 4 rings (SSSR count). The Morgan fingerprint density at radius 2 is 2.09 bits per heavy atom. The summed E-state index contributed by atoms with van der Waals surface area (Å²) in [5.41, 5.74) is 0.188. The number of amidine groups is 3. The highest BCUT2D eigenvalue weighted by Gasteiger charge is 2.37. The number of furan rings is 1. The van der Waals surface area contributed by atoms with Crippen LogP contribution in [0.25, 0.3) is 6.08 Å². The summed E-state index contributed by atoms with van der Waals surface area (Å²) < 4.78 is 5.22. The topological polar surface area (TPSA) is 85.3 Å². The number of carbonyl (C=O) groups is 1. The van der Waals surface area contributed by atoms with Crippen LogP contribution in [0.1, 0.15) is 25.0 Å². The van der Waals surface area contributed by atoms with E-state index in [1.54, 1.807) is 12.1 Å². The van der Waals surface area contributed by atoms with Crippen LogP contribution in [-0.4, -0.2) is 45.1 Å². The zero-order valence-corrected chi connectivity index (χ0v) is 13.2. The average molecular weight is 329 g/mol. The number of aliphatic imine (C=N–C) groups is 1. The van der Waals surface area contributed by atoms with Gasteiger partial charge in [0, 0.05) is 13.1 Å². The second-order valence-corrected chi connectivity index (χ2v) is 6.40. The Balaban J connectivity index is 1.63. The monoisotopic (exact) mass is 329 g/mol. The fraction of sp³-hybridized carbons (Fsp3) is 0.333. The quantitative estimate of drug-likeness (QED) is 0.799. The molecule has 1 amide bonds. The first-order valence-corrected chi connectivity index (χ1v) is 8.33. The lowest BCUT2D eigenvalue weighted by Crippen LogP contribution is -2.35. The maximum absolute atomic E-state index is 12.2. The predicted molar refractivity (Wildman–Crippen MR) is 89.1 cm³/mol. The van der Waals surface area contributed by atoms with Crippen LogP contribution in [0.2, 0.25) is 0 Å². The molecule has 1 N–H and O–H groups in total. The van der Waals surface area contributed by atoms with E-state index in [0.29, 0.717) is 10.9 Å². The van der Waals surface area contributed by atoms with E-state index in [1.807, 2.05) is 0 Å². The number of fused-ring (bicyclic) bond motifs is 1. The maximum atomic E-state index is 12.2. The highest BCUT2D eigenvalue weighted by molar-refractivity contribution is 8.26. The summed E-state index contributed by atoms with van der Waals surface area (Å²) in [5, 5.41) is 15.5. The molecule has 0 bridgehead atoms. The van der Waals surface area contributed by atoms with Gasteiger partial charge in [-0.2, -0.15) is 10.0 Å². The van der Waals surface area contributed by atoms with Gasteiger partial charge in [0.2, 0.25) is 5.17 Å². The smallest absolute Gasteiger partial charge is 0.283 e. The van der Waals surface area contributed by atoms with Gasteiger partial charge in [-0.15, -0.1) is 5.10 Å². The molecule has 0 atom stereocenters. The van der Waals surface area contributed by atoms with Crippen molar-refractivity contribution in [2.24, 2.45) is 10.1 Å². The van der Waals surface area contributed by atoms with E-state index in [2.05, 4.69) is 15.0 Å².